The molecular weight excluding hydrogens is 197 g/mol. The second-order valence-corrected chi connectivity index (χ2v) is 3.16. The topological polar surface area (TPSA) is 35.2 Å². The van der Waals surface area contributed by atoms with Crippen LogP contribution in [-0.2, 0) is 0 Å². The summed E-state index contributed by atoms with van der Waals surface area (Å²) < 4.78 is 5.19. The molecule has 1 rings (SSSR count). The second-order valence-electron chi connectivity index (χ2n) is 2.37. The highest BCUT2D eigenvalue weighted by molar-refractivity contribution is 6.42. The molecule has 2 nitrogen and oxygen atoms in total. The lowest BCUT2D eigenvalue weighted by Crippen LogP contribution is -2.22. The molecule has 0 spiro atoms. The standard InChI is InChI=1S/C8H9Cl2NO/c1-5(11)12-7-4-2-3-6(9)8(7)10/h2-5H,11H2,1H3. The first kappa shape index (κ1) is 9.65. The molecule has 1 aromatic carbocycles. The number of nitrogens with two attached hydrogens (primary N) is 1. The van der Waals surface area contributed by atoms with Crippen molar-refractivity contribution in [1.29, 1.82) is 0 Å². The molecule has 0 amide bonds. The van der Waals surface area contributed by atoms with Gasteiger partial charge in [0.2, 0.25) is 0 Å². The van der Waals surface area contributed by atoms with E-state index < -0.39 is 0 Å². The molecule has 0 radical (unpaired) electrons. The van der Waals surface area contributed by atoms with E-state index in [1.165, 1.54) is 0 Å². The molecule has 0 saturated carbocycles. The molecule has 0 heterocycles. The minimum Gasteiger partial charge on any atom is -0.474 e. The third-order valence-electron chi connectivity index (χ3n) is 1.23. The molecule has 1 unspecified atom stereocenters. The molecule has 12 heavy (non-hydrogen) atoms. The van der Waals surface area contributed by atoms with Gasteiger partial charge in [0, 0.05) is 0 Å². The van der Waals surface area contributed by atoms with E-state index in [0.717, 1.165) is 0 Å². The molecule has 1 atom stereocenters. The van der Waals surface area contributed by atoms with Crippen LogP contribution >= 0.6 is 23.2 Å². The Hall–Kier alpha value is -0.440. The van der Waals surface area contributed by atoms with Gasteiger partial charge in [-0.25, -0.2) is 0 Å². The SMILES string of the molecule is CC(N)Oc1cccc(Cl)c1Cl. The Morgan fingerprint density at radius 2 is 2.08 bits per heavy atom. The maximum Gasteiger partial charge on any atom is 0.144 e. The first-order valence-corrected chi connectivity index (χ1v) is 4.23. The Bertz CT molecular complexity index is 276. The van der Waals surface area contributed by atoms with Crippen molar-refractivity contribution in [1.82, 2.24) is 0 Å². The molecule has 0 aliphatic heterocycles. The maximum atomic E-state index is 5.82. The van der Waals surface area contributed by atoms with Crippen LogP contribution in [0.25, 0.3) is 0 Å². The summed E-state index contributed by atoms with van der Waals surface area (Å²) in [6.07, 6.45) is -0.388. The van der Waals surface area contributed by atoms with E-state index >= 15 is 0 Å². The average molecular weight is 206 g/mol. The van der Waals surface area contributed by atoms with E-state index in [2.05, 4.69) is 0 Å². The van der Waals surface area contributed by atoms with Crippen LogP contribution < -0.4 is 10.5 Å². The fourth-order valence-corrected chi connectivity index (χ4v) is 1.11. The van der Waals surface area contributed by atoms with Crippen LogP contribution in [-0.4, -0.2) is 6.23 Å². The Balaban J connectivity index is 2.92. The quantitative estimate of drug-likeness (QED) is 0.755. The minimum absolute atomic E-state index is 0.388. The van der Waals surface area contributed by atoms with E-state index in [4.69, 9.17) is 33.7 Å². The number of benzene rings is 1. The molecule has 0 aliphatic rings. The largest absolute Gasteiger partial charge is 0.474 e. The van der Waals surface area contributed by atoms with Crippen LogP contribution in [0.5, 0.6) is 5.75 Å². The lowest BCUT2D eigenvalue weighted by Gasteiger charge is -2.11. The highest BCUT2D eigenvalue weighted by Crippen LogP contribution is 2.31. The van der Waals surface area contributed by atoms with Crippen LogP contribution in [0.1, 0.15) is 6.92 Å². The minimum atomic E-state index is -0.388. The highest BCUT2D eigenvalue weighted by atomic mass is 35.5. The Labute approximate surface area is 81.2 Å². The number of halogens is 2. The van der Waals surface area contributed by atoms with Gasteiger partial charge < -0.3 is 4.74 Å². The average Bonchev–Trinajstić information content (AvgIpc) is 1.98. The van der Waals surface area contributed by atoms with Crippen LogP contribution in [0.2, 0.25) is 10.0 Å². The van der Waals surface area contributed by atoms with Crippen molar-refractivity contribution >= 4 is 23.2 Å². The molecule has 1 aromatic rings. The molecule has 0 bridgehead atoms. The predicted octanol–water partition coefficient (Wildman–Crippen LogP) is 2.68. The van der Waals surface area contributed by atoms with Gasteiger partial charge in [-0.2, -0.15) is 0 Å². The van der Waals surface area contributed by atoms with Gasteiger partial charge in [0.05, 0.1) is 5.02 Å². The van der Waals surface area contributed by atoms with Gasteiger partial charge in [-0.15, -0.1) is 0 Å². The number of rotatable bonds is 2. The zero-order chi connectivity index (χ0) is 9.14. The monoisotopic (exact) mass is 205 g/mol. The number of ether oxygens (including phenoxy) is 1. The first-order valence-electron chi connectivity index (χ1n) is 3.47. The third-order valence-corrected chi connectivity index (χ3v) is 2.03. The summed E-state index contributed by atoms with van der Waals surface area (Å²) in [7, 11) is 0. The Morgan fingerprint density at radius 3 is 2.67 bits per heavy atom. The fourth-order valence-electron chi connectivity index (χ4n) is 0.775. The van der Waals surface area contributed by atoms with Crippen LogP contribution in [0, 0.1) is 0 Å². The van der Waals surface area contributed by atoms with Crippen molar-refractivity contribution < 1.29 is 4.74 Å². The molecule has 66 valence electrons. The van der Waals surface area contributed by atoms with E-state index in [1.54, 1.807) is 25.1 Å². The van der Waals surface area contributed by atoms with Crippen molar-refractivity contribution in [3.63, 3.8) is 0 Å². The van der Waals surface area contributed by atoms with Gasteiger partial charge in [0.25, 0.3) is 0 Å². The molecule has 0 saturated heterocycles. The molecular formula is C8H9Cl2NO. The van der Waals surface area contributed by atoms with Gasteiger partial charge in [-0.05, 0) is 19.1 Å². The summed E-state index contributed by atoms with van der Waals surface area (Å²) in [5.74, 6) is 0.513. The lowest BCUT2D eigenvalue weighted by atomic mass is 10.3. The van der Waals surface area contributed by atoms with Crippen LogP contribution in [0.3, 0.4) is 0 Å². The zero-order valence-corrected chi connectivity index (χ0v) is 8.06. The molecule has 0 fully saturated rings. The summed E-state index contributed by atoms with van der Waals surface area (Å²) in [6, 6.07) is 5.17. The van der Waals surface area contributed by atoms with E-state index in [1.807, 2.05) is 0 Å². The lowest BCUT2D eigenvalue weighted by molar-refractivity contribution is 0.230. The van der Waals surface area contributed by atoms with Crippen LogP contribution in [0.4, 0.5) is 0 Å². The van der Waals surface area contributed by atoms with Crippen molar-refractivity contribution in [2.45, 2.75) is 13.2 Å². The zero-order valence-electron chi connectivity index (χ0n) is 6.55. The molecule has 0 aromatic heterocycles. The van der Waals surface area contributed by atoms with E-state index in [0.29, 0.717) is 15.8 Å². The smallest absolute Gasteiger partial charge is 0.144 e. The Kier molecular flexibility index (Phi) is 3.20. The highest BCUT2D eigenvalue weighted by Gasteiger charge is 2.06. The van der Waals surface area contributed by atoms with E-state index in [-0.39, 0.29) is 6.23 Å². The Morgan fingerprint density at radius 1 is 1.42 bits per heavy atom. The van der Waals surface area contributed by atoms with Crippen LogP contribution in [0.15, 0.2) is 18.2 Å². The summed E-state index contributed by atoms with van der Waals surface area (Å²) >= 11 is 11.6. The summed E-state index contributed by atoms with van der Waals surface area (Å²) in [5.41, 5.74) is 5.42. The summed E-state index contributed by atoms with van der Waals surface area (Å²) in [6.45, 7) is 1.72. The van der Waals surface area contributed by atoms with Crippen molar-refractivity contribution in [3.8, 4) is 5.75 Å². The van der Waals surface area contributed by atoms with E-state index in [9.17, 15) is 0 Å². The van der Waals surface area contributed by atoms with Gasteiger partial charge in [-0.3, -0.25) is 5.73 Å². The first-order chi connectivity index (χ1) is 5.61. The maximum absolute atomic E-state index is 5.82. The van der Waals surface area contributed by atoms with Gasteiger partial charge in [-0.1, -0.05) is 29.3 Å². The summed E-state index contributed by atoms with van der Waals surface area (Å²) in [5, 5.41) is 0.867. The van der Waals surface area contributed by atoms with Gasteiger partial charge in [0.1, 0.15) is 17.0 Å². The number of hydrogen-bond donors (Lipinski definition) is 1. The van der Waals surface area contributed by atoms with Crippen molar-refractivity contribution in [2.24, 2.45) is 5.73 Å². The second kappa shape index (κ2) is 3.99. The molecule has 4 heteroatoms. The predicted molar refractivity (Wildman–Crippen MR) is 50.7 cm³/mol. The molecule has 2 N–H and O–H groups in total. The normalized spacial score (nSPS) is 12.7. The van der Waals surface area contributed by atoms with Gasteiger partial charge >= 0.3 is 0 Å². The molecule has 0 aliphatic carbocycles. The third kappa shape index (κ3) is 2.27. The van der Waals surface area contributed by atoms with Gasteiger partial charge in [0.15, 0.2) is 0 Å². The number of hydrogen-bond acceptors (Lipinski definition) is 2. The van der Waals surface area contributed by atoms with Crippen molar-refractivity contribution in [2.75, 3.05) is 0 Å². The summed E-state index contributed by atoms with van der Waals surface area (Å²) in [4.78, 5) is 0. The van der Waals surface area contributed by atoms with Crippen molar-refractivity contribution in [3.05, 3.63) is 28.2 Å². The fraction of sp³-hybridized carbons (Fsp3) is 0.250.